The molecule has 1 aliphatic rings. The first kappa shape index (κ1) is 15.8. The first-order valence-corrected chi connectivity index (χ1v) is 7.77. The van der Waals surface area contributed by atoms with E-state index in [1.165, 1.54) is 0 Å². The second kappa shape index (κ2) is 6.99. The van der Waals surface area contributed by atoms with Crippen molar-refractivity contribution in [1.82, 2.24) is 9.97 Å². The fourth-order valence-corrected chi connectivity index (χ4v) is 2.44. The molecule has 0 radical (unpaired) electrons. The number of nitrogens with two attached hydrogens (primary N) is 1. The summed E-state index contributed by atoms with van der Waals surface area (Å²) < 4.78 is 0. The summed E-state index contributed by atoms with van der Waals surface area (Å²) in [4.78, 5) is 8.75. The largest absolute Gasteiger partial charge is 0.372 e. The molecule has 1 fully saturated rings. The van der Waals surface area contributed by atoms with Crippen LogP contribution in [-0.4, -0.2) is 23.1 Å². The van der Waals surface area contributed by atoms with E-state index < -0.39 is 0 Å². The number of nitrogens with zero attached hydrogens (tertiary/aromatic N) is 3. The average Bonchev–Trinajstić information content (AvgIpc) is 2.59. The Morgan fingerprint density at radius 1 is 1.25 bits per heavy atom. The molecule has 24 heavy (non-hydrogen) atoms. The van der Waals surface area contributed by atoms with Crippen LogP contribution in [0, 0.1) is 29.1 Å². The van der Waals surface area contributed by atoms with E-state index in [4.69, 9.17) is 11.0 Å². The number of aromatic nitrogens is 2. The summed E-state index contributed by atoms with van der Waals surface area (Å²) in [5.41, 5.74) is 7.97. The van der Waals surface area contributed by atoms with Crippen molar-refractivity contribution in [2.24, 2.45) is 11.7 Å². The number of hydrogen-bond donors (Lipinski definition) is 3. The molecule has 1 aromatic heterocycles. The van der Waals surface area contributed by atoms with Crippen LogP contribution in [0.4, 0.5) is 17.5 Å². The molecular weight excluding hydrogens is 300 g/mol. The molecule has 0 unspecified atom stereocenters. The van der Waals surface area contributed by atoms with Gasteiger partial charge >= 0.3 is 0 Å². The maximum atomic E-state index is 8.82. The molecule has 0 bridgehead atoms. The van der Waals surface area contributed by atoms with E-state index in [-0.39, 0.29) is 0 Å². The summed E-state index contributed by atoms with van der Waals surface area (Å²) in [6.45, 7) is 0. The summed E-state index contributed by atoms with van der Waals surface area (Å²) in [7, 11) is 1.80. The molecule has 6 heteroatoms. The smallest absolute Gasteiger partial charge is 0.229 e. The van der Waals surface area contributed by atoms with Crippen LogP contribution < -0.4 is 16.4 Å². The van der Waals surface area contributed by atoms with Gasteiger partial charge in [-0.3, -0.25) is 0 Å². The van der Waals surface area contributed by atoms with Crippen molar-refractivity contribution in [3.63, 3.8) is 0 Å². The fraction of sp³-hybridized carbons (Fsp3) is 0.278. The summed E-state index contributed by atoms with van der Waals surface area (Å²) >= 11 is 0. The van der Waals surface area contributed by atoms with Crippen LogP contribution in [0.25, 0.3) is 0 Å². The highest BCUT2D eigenvalue weighted by molar-refractivity contribution is 5.59. The van der Waals surface area contributed by atoms with Gasteiger partial charge in [0, 0.05) is 24.7 Å². The van der Waals surface area contributed by atoms with Crippen molar-refractivity contribution in [3.05, 3.63) is 41.6 Å². The molecule has 0 amide bonds. The van der Waals surface area contributed by atoms with Gasteiger partial charge in [0.25, 0.3) is 0 Å². The molecule has 1 aliphatic carbocycles. The molecular formula is C18H18N6. The van der Waals surface area contributed by atoms with E-state index in [1.807, 2.05) is 12.1 Å². The van der Waals surface area contributed by atoms with Crippen molar-refractivity contribution in [3.8, 4) is 17.9 Å². The Hall–Kier alpha value is -3.09. The Balaban J connectivity index is 1.74. The predicted octanol–water partition coefficient (Wildman–Crippen LogP) is 2.22. The van der Waals surface area contributed by atoms with Crippen LogP contribution in [0.1, 0.15) is 24.0 Å². The maximum absolute atomic E-state index is 8.82. The van der Waals surface area contributed by atoms with Crippen molar-refractivity contribution < 1.29 is 0 Å². The average molecular weight is 318 g/mol. The van der Waals surface area contributed by atoms with Gasteiger partial charge in [-0.25, -0.2) is 4.98 Å². The van der Waals surface area contributed by atoms with Crippen LogP contribution in [0.2, 0.25) is 0 Å². The molecule has 0 atom stereocenters. The first-order valence-electron chi connectivity index (χ1n) is 7.77. The minimum atomic E-state index is 0.295. The zero-order valence-corrected chi connectivity index (χ0v) is 13.4. The van der Waals surface area contributed by atoms with Gasteiger partial charge in [0.15, 0.2) is 0 Å². The van der Waals surface area contributed by atoms with Crippen molar-refractivity contribution in [1.29, 1.82) is 5.26 Å². The maximum Gasteiger partial charge on any atom is 0.229 e. The molecule has 120 valence electrons. The second-order valence-corrected chi connectivity index (χ2v) is 5.72. The molecule has 4 N–H and O–H groups in total. The molecule has 0 saturated heterocycles. The van der Waals surface area contributed by atoms with E-state index in [0.717, 1.165) is 24.1 Å². The van der Waals surface area contributed by atoms with Crippen molar-refractivity contribution in [2.75, 3.05) is 17.7 Å². The standard InChI is InChI=1S/C18H18N6/c1-21-17-14(5-2-13-8-15(20)9-13)11-22-18(24-17)23-16-6-3-12(10-19)4-7-16/h3-4,6-7,11,13,15H,8-9,20H2,1H3,(H2,21,22,23,24). The number of benzene rings is 1. The molecule has 3 rings (SSSR count). The van der Waals surface area contributed by atoms with Crippen LogP contribution in [0.3, 0.4) is 0 Å². The van der Waals surface area contributed by atoms with Crippen molar-refractivity contribution in [2.45, 2.75) is 18.9 Å². The molecule has 0 aliphatic heterocycles. The third kappa shape index (κ3) is 3.62. The van der Waals surface area contributed by atoms with Crippen LogP contribution in [-0.2, 0) is 0 Å². The van der Waals surface area contributed by atoms with Crippen molar-refractivity contribution >= 4 is 17.5 Å². The highest BCUT2D eigenvalue weighted by Gasteiger charge is 2.23. The number of rotatable bonds is 3. The summed E-state index contributed by atoms with van der Waals surface area (Å²) in [5, 5.41) is 15.0. The monoisotopic (exact) mass is 318 g/mol. The Bertz CT molecular complexity index is 819. The van der Waals surface area contributed by atoms with Gasteiger partial charge in [-0.1, -0.05) is 11.8 Å². The topological polar surface area (TPSA) is 99.6 Å². The third-order valence-corrected chi connectivity index (χ3v) is 3.88. The predicted molar refractivity (Wildman–Crippen MR) is 93.6 cm³/mol. The Morgan fingerprint density at radius 3 is 2.62 bits per heavy atom. The lowest BCUT2D eigenvalue weighted by atomic mass is 9.81. The normalized spacial score (nSPS) is 18.5. The van der Waals surface area contributed by atoms with E-state index in [9.17, 15) is 0 Å². The van der Waals surface area contributed by atoms with Gasteiger partial charge in [-0.15, -0.1) is 0 Å². The zero-order chi connectivity index (χ0) is 16.9. The molecule has 1 saturated carbocycles. The van der Waals surface area contributed by atoms with Gasteiger partial charge in [-0.05, 0) is 37.1 Å². The highest BCUT2D eigenvalue weighted by Crippen LogP contribution is 2.25. The zero-order valence-electron chi connectivity index (χ0n) is 13.4. The molecule has 6 nitrogen and oxygen atoms in total. The Kier molecular flexibility index (Phi) is 4.60. The van der Waals surface area contributed by atoms with Gasteiger partial charge in [-0.2, -0.15) is 10.2 Å². The lowest BCUT2D eigenvalue weighted by Crippen LogP contribution is -2.35. The number of nitriles is 1. The first-order chi connectivity index (χ1) is 11.7. The number of anilines is 3. The Morgan fingerprint density at radius 2 is 2.00 bits per heavy atom. The highest BCUT2D eigenvalue weighted by atomic mass is 15.1. The summed E-state index contributed by atoms with van der Waals surface area (Å²) in [6, 6.07) is 9.49. The van der Waals surface area contributed by atoms with E-state index >= 15 is 0 Å². The van der Waals surface area contributed by atoms with Crippen LogP contribution in [0.5, 0.6) is 0 Å². The summed E-state index contributed by atoms with van der Waals surface area (Å²) in [6.07, 6.45) is 3.62. The minimum absolute atomic E-state index is 0.295. The van der Waals surface area contributed by atoms with E-state index in [2.05, 4.69) is 38.5 Å². The van der Waals surface area contributed by atoms with E-state index in [1.54, 1.807) is 25.4 Å². The van der Waals surface area contributed by atoms with Gasteiger partial charge in [0.05, 0.1) is 23.4 Å². The van der Waals surface area contributed by atoms with Crippen LogP contribution in [0.15, 0.2) is 30.5 Å². The Labute approximate surface area is 141 Å². The quantitative estimate of drug-likeness (QED) is 0.750. The third-order valence-electron chi connectivity index (χ3n) is 3.88. The van der Waals surface area contributed by atoms with Gasteiger partial charge in [0.2, 0.25) is 5.95 Å². The molecule has 1 heterocycles. The second-order valence-electron chi connectivity index (χ2n) is 5.72. The van der Waals surface area contributed by atoms with Gasteiger partial charge < -0.3 is 16.4 Å². The number of nitrogens with one attached hydrogen (secondary N) is 2. The lowest BCUT2D eigenvalue weighted by molar-refractivity contribution is 0.335. The SMILES string of the molecule is CNc1nc(Nc2ccc(C#N)cc2)ncc1C#CC1CC(N)C1. The lowest BCUT2D eigenvalue weighted by Gasteiger charge is -2.27. The molecule has 2 aromatic rings. The molecule has 0 spiro atoms. The molecule has 1 aromatic carbocycles. The fourth-order valence-electron chi connectivity index (χ4n) is 2.44. The van der Waals surface area contributed by atoms with Crippen LogP contribution >= 0.6 is 0 Å². The number of hydrogen-bond acceptors (Lipinski definition) is 6. The van der Waals surface area contributed by atoms with Gasteiger partial charge in [0.1, 0.15) is 5.82 Å². The van der Waals surface area contributed by atoms with E-state index in [0.29, 0.717) is 29.3 Å². The minimum Gasteiger partial charge on any atom is -0.372 e. The summed E-state index contributed by atoms with van der Waals surface area (Å²) in [5.74, 6) is 7.88.